The van der Waals surface area contributed by atoms with Crippen molar-refractivity contribution < 1.29 is 9.53 Å². The maximum atomic E-state index is 11.8. The molecule has 0 saturated carbocycles. The molecule has 16 heavy (non-hydrogen) atoms. The molecule has 0 aromatic rings. The van der Waals surface area contributed by atoms with Crippen molar-refractivity contribution in [3.05, 3.63) is 0 Å². The molecule has 0 aliphatic rings. The first-order valence-electron chi connectivity index (χ1n) is 5.91. The van der Waals surface area contributed by atoms with Crippen molar-refractivity contribution in [2.75, 3.05) is 20.2 Å². The van der Waals surface area contributed by atoms with E-state index in [1.54, 1.807) is 13.8 Å². The van der Waals surface area contributed by atoms with E-state index >= 15 is 0 Å². The molecule has 0 radical (unpaired) electrons. The number of ether oxygens (including phenoxy) is 1. The van der Waals surface area contributed by atoms with Gasteiger partial charge in [0.25, 0.3) is 5.91 Å². The third-order valence-corrected chi connectivity index (χ3v) is 3.61. The van der Waals surface area contributed by atoms with Crippen molar-refractivity contribution in [2.45, 2.75) is 46.1 Å². The fourth-order valence-corrected chi connectivity index (χ4v) is 1.43. The lowest BCUT2D eigenvalue weighted by atomic mass is 9.82. The fraction of sp³-hybridized carbons (Fsp3) is 0.917. The Morgan fingerprint density at radius 2 is 1.81 bits per heavy atom. The van der Waals surface area contributed by atoms with Crippen molar-refractivity contribution in [1.29, 1.82) is 0 Å². The van der Waals surface area contributed by atoms with Crippen LogP contribution in [0.15, 0.2) is 0 Å². The number of methoxy groups -OCH3 is 1. The van der Waals surface area contributed by atoms with E-state index in [0.717, 1.165) is 12.8 Å². The third kappa shape index (κ3) is 3.76. The minimum atomic E-state index is -0.776. The van der Waals surface area contributed by atoms with E-state index in [2.05, 4.69) is 19.2 Å². The lowest BCUT2D eigenvalue weighted by Crippen LogP contribution is -2.49. The Morgan fingerprint density at radius 1 is 1.31 bits per heavy atom. The molecule has 96 valence electrons. The molecule has 0 unspecified atom stereocenters. The Morgan fingerprint density at radius 3 is 2.12 bits per heavy atom. The Balaban J connectivity index is 4.38. The molecule has 0 fully saturated rings. The number of carbonyl (C=O) groups excluding carboxylic acids is 1. The molecule has 0 spiro atoms. The van der Waals surface area contributed by atoms with Crippen molar-refractivity contribution in [3.63, 3.8) is 0 Å². The van der Waals surface area contributed by atoms with E-state index in [1.165, 1.54) is 7.11 Å². The number of carbonyl (C=O) groups is 1. The molecule has 0 atom stereocenters. The zero-order valence-corrected chi connectivity index (χ0v) is 11.2. The average molecular weight is 230 g/mol. The zero-order valence-electron chi connectivity index (χ0n) is 11.2. The van der Waals surface area contributed by atoms with Crippen LogP contribution in [0.25, 0.3) is 0 Å². The minimum absolute atomic E-state index is 0.0134. The van der Waals surface area contributed by atoms with Crippen LogP contribution in [0.5, 0.6) is 0 Å². The maximum absolute atomic E-state index is 11.8. The molecule has 0 aromatic heterocycles. The normalized spacial score (nSPS) is 12.6. The highest BCUT2D eigenvalue weighted by molar-refractivity contribution is 5.84. The number of hydrogen-bond acceptors (Lipinski definition) is 3. The van der Waals surface area contributed by atoms with Crippen LogP contribution in [-0.4, -0.2) is 31.7 Å². The Kier molecular flexibility index (Phi) is 5.97. The monoisotopic (exact) mass is 230 g/mol. The number of hydrogen-bond donors (Lipinski definition) is 2. The summed E-state index contributed by atoms with van der Waals surface area (Å²) in [5.74, 6) is -0.0882. The molecular weight excluding hydrogens is 204 g/mol. The van der Waals surface area contributed by atoms with E-state index < -0.39 is 5.60 Å². The van der Waals surface area contributed by atoms with Crippen LogP contribution in [-0.2, 0) is 9.53 Å². The Labute approximate surface area is 98.9 Å². The van der Waals surface area contributed by atoms with E-state index in [-0.39, 0.29) is 11.3 Å². The highest BCUT2D eigenvalue weighted by Crippen LogP contribution is 2.23. The smallest absolute Gasteiger partial charge is 0.251 e. The summed E-state index contributed by atoms with van der Waals surface area (Å²) in [6.45, 7) is 8.92. The molecule has 0 bridgehead atoms. The predicted molar refractivity (Wildman–Crippen MR) is 66.2 cm³/mol. The van der Waals surface area contributed by atoms with Gasteiger partial charge in [0.1, 0.15) is 5.60 Å². The SMILES string of the molecule is CCC(CC)(CN)CNC(=O)C(C)(C)OC. The highest BCUT2D eigenvalue weighted by atomic mass is 16.5. The van der Waals surface area contributed by atoms with Gasteiger partial charge in [-0.25, -0.2) is 0 Å². The summed E-state index contributed by atoms with van der Waals surface area (Å²) in [7, 11) is 1.54. The Bertz CT molecular complexity index is 215. The molecule has 0 aromatic carbocycles. The molecule has 1 amide bonds. The van der Waals surface area contributed by atoms with Crippen LogP contribution < -0.4 is 11.1 Å². The molecule has 0 heterocycles. The zero-order chi connectivity index (χ0) is 12.8. The van der Waals surface area contributed by atoms with Gasteiger partial charge in [0.2, 0.25) is 0 Å². The highest BCUT2D eigenvalue weighted by Gasteiger charge is 2.30. The molecule has 0 saturated heterocycles. The largest absolute Gasteiger partial charge is 0.369 e. The van der Waals surface area contributed by atoms with E-state index in [1.807, 2.05) is 0 Å². The number of nitrogens with two attached hydrogens (primary N) is 1. The molecule has 0 aliphatic carbocycles. The molecule has 0 aliphatic heterocycles. The lowest BCUT2D eigenvalue weighted by molar-refractivity contribution is -0.140. The summed E-state index contributed by atoms with van der Waals surface area (Å²) < 4.78 is 5.12. The van der Waals surface area contributed by atoms with Crippen molar-refractivity contribution in [3.8, 4) is 0 Å². The summed E-state index contributed by atoms with van der Waals surface area (Å²) in [6, 6.07) is 0. The average Bonchev–Trinajstić information content (AvgIpc) is 2.31. The molecule has 4 heteroatoms. The second-order valence-electron chi connectivity index (χ2n) is 4.81. The van der Waals surface area contributed by atoms with Gasteiger partial charge in [-0.1, -0.05) is 13.8 Å². The number of nitrogens with one attached hydrogen (secondary N) is 1. The van der Waals surface area contributed by atoms with E-state index in [9.17, 15) is 4.79 Å². The predicted octanol–water partition coefficient (Wildman–Crippen LogP) is 1.29. The summed E-state index contributed by atoms with van der Waals surface area (Å²) in [4.78, 5) is 11.8. The van der Waals surface area contributed by atoms with Crippen LogP contribution in [0.1, 0.15) is 40.5 Å². The minimum Gasteiger partial charge on any atom is -0.369 e. The van der Waals surface area contributed by atoms with E-state index in [0.29, 0.717) is 13.1 Å². The van der Waals surface area contributed by atoms with Gasteiger partial charge >= 0.3 is 0 Å². The molecule has 0 rings (SSSR count). The summed E-state index contributed by atoms with van der Waals surface area (Å²) in [6.07, 6.45) is 1.93. The van der Waals surface area contributed by atoms with Crippen molar-refractivity contribution >= 4 is 5.91 Å². The van der Waals surface area contributed by atoms with Crippen molar-refractivity contribution in [2.24, 2.45) is 11.1 Å². The summed E-state index contributed by atoms with van der Waals surface area (Å²) in [5.41, 5.74) is 5.01. The van der Waals surface area contributed by atoms with Gasteiger partial charge in [0, 0.05) is 13.7 Å². The van der Waals surface area contributed by atoms with Gasteiger partial charge in [0.15, 0.2) is 0 Å². The quantitative estimate of drug-likeness (QED) is 0.692. The first-order chi connectivity index (χ1) is 7.37. The van der Waals surface area contributed by atoms with Gasteiger partial charge < -0.3 is 15.8 Å². The van der Waals surface area contributed by atoms with Gasteiger partial charge in [-0.05, 0) is 38.6 Å². The third-order valence-electron chi connectivity index (χ3n) is 3.61. The van der Waals surface area contributed by atoms with Crippen LogP contribution >= 0.6 is 0 Å². The lowest BCUT2D eigenvalue weighted by Gasteiger charge is -2.32. The topological polar surface area (TPSA) is 64.3 Å². The van der Waals surface area contributed by atoms with E-state index in [4.69, 9.17) is 10.5 Å². The number of amides is 1. The standard InChI is InChI=1S/C12H26N2O2/c1-6-12(7-2,8-13)9-14-10(15)11(3,4)16-5/h6-9,13H2,1-5H3,(H,14,15). The van der Waals surface area contributed by atoms with Gasteiger partial charge in [-0.3, -0.25) is 4.79 Å². The summed E-state index contributed by atoms with van der Waals surface area (Å²) in [5, 5.41) is 2.92. The van der Waals surface area contributed by atoms with Crippen LogP contribution in [0.3, 0.4) is 0 Å². The maximum Gasteiger partial charge on any atom is 0.251 e. The molecule has 4 nitrogen and oxygen atoms in total. The second kappa shape index (κ2) is 6.21. The van der Waals surface area contributed by atoms with Gasteiger partial charge in [0.05, 0.1) is 0 Å². The van der Waals surface area contributed by atoms with Gasteiger partial charge in [-0.15, -0.1) is 0 Å². The Hall–Kier alpha value is -0.610. The molecule has 3 N–H and O–H groups in total. The van der Waals surface area contributed by atoms with Crippen LogP contribution in [0.4, 0.5) is 0 Å². The first-order valence-corrected chi connectivity index (χ1v) is 5.91. The van der Waals surface area contributed by atoms with Crippen LogP contribution in [0, 0.1) is 5.41 Å². The summed E-state index contributed by atoms with van der Waals surface area (Å²) >= 11 is 0. The fourth-order valence-electron chi connectivity index (χ4n) is 1.43. The number of rotatable bonds is 7. The van der Waals surface area contributed by atoms with Crippen LogP contribution in [0.2, 0.25) is 0 Å². The second-order valence-corrected chi connectivity index (χ2v) is 4.81. The first kappa shape index (κ1) is 15.4. The molecular formula is C12H26N2O2. The van der Waals surface area contributed by atoms with Gasteiger partial charge in [-0.2, -0.15) is 0 Å². The van der Waals surface area contributed by atoms with Crippen molar-refractivity contribution in [1.82, 2.24) is 5.32 Å².